The number of anilines is 2. The summed E-state index contributed by atoms with van der Waals surface area (Å²) in [6.45, 7) is 2.13. The van der Waals surface area contributed by atoms with Gasteiger partial charge in [0.25, 0.3) is 5.91 Å². The molecule has 0 atom stereocenters. The Kier molecular flexibility index (Phi) is 5.17. The minimum Gasteiger partial charge on any atom is -0.322 e. The molecule has 0 unspecified atom stereocenters. The molecule has 2 heterocycles. The second kappa shape index (κ2) is 7.19. The number of thiophene rings is 1. The van der Waals surface area contributed by atoms with Gasteiger partial charge in [-0.05, 0) is 49.1 Å². The summed E-state index contributed by atoms with van der Waals surface area (Å²) in [6, 6.07) is 8.70. The molecule has 1 aliphatic rings. The molecule has 25 heavy (non-hydrogen) atoms. The Hall–Kier alpha value is -1.83. The van der Waals surface area contributed by atoms with Crippen molar-refractivity contribution in [2.24, 2.45) is 0 Å². The average molecular weight is 397 g/mol. The zero-order chi connectivity index (χ0) is 18.0. The van der Waals surface area contributed by atoms with E-state index in [1.165, 1.54) is 4.31 Å². The van der Waals surface area contributed by atoms with Gasteiger partial charge in [-0.25, -0.2) is 8.42 Å². The number of hydrogen-bond donors (Lipinski definition) is 1. The third kappa shape index (κ3) is 4.05. The molecule has 1 N–H and O–H groups in total. The van der Waals surface area contributed by atoms with Crippen LogP contribution in [-0.2, 0) is 14.8 Å². The highest BCUT2D eigenvalue weighted by atomic mass is 35.5. The summed E-state index contributed by atoms with van der Waals surface area (Å²) in [5.41, 5.74) is 1.47. The number of nitrogens with one attached hydrogen (secondary N) is 1. The lowest BCUT2D eigenvalue weighted by molar-refractivity contribution is -0.112. The van der Waals surface area contributed by atoms with Crippen molar-refractivity contribution in [3.8, 4) is 0 Å². The fraction of sp³-hybridized carbons (Fsp3) is 0.235. The van der Waals surface area contributed by atoms with Crippen LogP contribution in [0.2, 0.25) is 5.02 Å². The lowest BCUT2D eigenvalue weighted by atomic mass is 10.2. The van der Waals surface area contributed by atoms with Crippen LogP contribution in [0, 0.1) is 0 Å². The molecule has 132 valence electrons. The summed E-state index contributed by atoms with van der Waals surface area (Å²) in [4.78, 5) is 13.3. The van der Waals surface area contributed by atoms with E-state index in [1.54, 1.807) is 36.5 Å². The first-order valence-electron chi connectivity index (χ1n) is 7.70. The zero-order valence-corrected chi connectivity index (χ0v) is 15.9. The highest BCUT2D eigenvalue weighted by Gasteiger charge is 2.30. The molecule has 1 amide bonds. The summed E-state index contributed by atoms with van der Waals surface area (Å²) in [5.74, 6) is -0.131. The Bertz CT molecular complexity index is 921. The van der Waals surface area contributed by atoms with Gasteiger partial charge in [0.1, 0.15) is 0 Å². The van der Waals surface area contributed by atoms with Gasteiger partial charge in [-0.15, -0.1) is 11.3 Å². The van der Waals surface area contributed by atoms with Gasteiger partial charge in [0.05, 0.1) is 16.5 Å². The van der Waals surface area contributed by atoms with E-state index in [1.807, 2.05) is 23.6 Å². The van der Waals surface area contributed by atoms with Crippen LogP contribution in [0.4, 0.5) is 11.4 Å². The summed E-state index contributed by atoms with van der Waals surface area (Å²) < 4.78 is 25.5. The lowest BCUT2D eigenvalue weighted by Gasteiger charge is -2.19. The predicted octanol–water partition coefficient (Wildman–Crippen LogP) is 3.98. The molecule has 2 aromatic rings. The van der Waals surface area contributed by atoms with Gasteiger partial charge in [0, 0.05) is 22.7 Å². The number of carbonyl (C=O) groups is 1. The number of nitrogens with zero attached hydrogens (tertiary/aromatic N) is 1. The quantitative estimate of drug-likeness (QED) is 0.795. The molecule has 0 spiro atoms. The van der Waals surface area contributed by atoms with E-state index in [-0.39, 0.29) is 11.7 Å². The van der Waals surface area contributed by atoms with Crippen LogP contribution < -0.4 is 9.62 Å². The summed E-state index contributed by atoms with van der Waals surface area (Å²) in [6.07, 6.45) is 2.37. The predicted molar refractivity (Wildman–Crippen MR) is 104 cm³/mol. The number of rotatable bonds is 4. The molecule has 1 fully saturated rings. The largest absolute Gasteiger partial charge is 0.322 e. The minimum absolute atomic E-state index is 0.114. The zero-order valence-electron chi connectivity index (χ0n) is 13.5. The van der Waals surface area contributed by atoms with Crippen LogP contribution >= 0.6 is 22.9 Å². The van der Waals surface area contributed by atoms with Crippen molar-refractivity contribution in [2.75, 3.05) is 21.9 Å². The van der Waals surface area contributed by atoms with E-state index in [0.29, 0.717) is 34.9 Å². The van der Waals surface area contributed by atoms with Crippen LogP contribution in [0.25, 0.3) is 6.08 Å². The monoisotopic (exact) mass is 396 g/mol. The van der Waals surface area contributed by atoms with Crippen molar-refractivity contribution in [3.05, 3.63) is 51.2 Å². The minimum atomic E-state index is -3.33. The molecule has 8 heteroatoms. The molecular formula is C17H17ClN2O3S2. The first-order valence-corrected chi connectivity index (χ1v) is 10.6. The van der Waals surface area contributed by atoms with Gasteiger partial charge in [-0.1, -0.05) is 17.7 Å². The van der Waals surface area contributed by atoms with Crippen LogP contribution in [0.1, 0.15) is 18.2 Å². The number of carbonyl (C=O) groups excluding carboxylic acids is 1. The van der Waals surface area contributed by atoms with Gasteiger partial charge in [0.15, 0.2) is 0 Å². The van der Waals surface area contributed by atoms with E-state index in [0.717, 1.165) is 4.88 Å². The molecule has 0 radical (unpaired) electrons. The van der Waals surface area contributed by atoms with E-state index in [4.69, 9.17) is 11.6 Å². The van der Waals surface area contributed by atoms with Crippen molar-refractivity contribution >= 4 is 56.3 Å². The number of hydrogen-bond acceptors (Lipinski definition) is 4. The number of halogens is 1. The Labute approximate surface area is 156 Å². The Morgan fingerprint density at radius 1 is 1.36 bits per heavy atom. The molecule has 0 bridgehead atoms. The smallest absolute Gasteiger partial charge is 0.251 e. The fourth-order valence-electron chi connectivity index (χ4n) is 2.57. The van der Waals surface area contributed by atoms with Gasteiger partial charge in [-0.3, -0.25) is 9.10 Å². The van der Waals surface area contributed by atoms with Gasteiger partial charge >= 0.3 is 0 Å². The lowest BCUT2D eigenvalue weighted by Crippen LogP contribution is -2.25. The summed E-state index contributed by atoms with van der Waals surface area (Å²) in [7, 11) is -3.33. The van der Waals surface area contributed by atoms with Gasteiger partial charge in [-0.2, -0.15) is 0 Å². The third-order valence-electron chi connectivity index (χ3n) is 3.83. The standard InChI is InChI=1S/C17H17ClN2O3S2/c1-12(10-14-4-2-8-24-14)17(21)19-13-5-6-15(18)16(11-13)20-7-3-9-25(20,22)23/h2,4-6,8,10-11H,3,7,9H2,1H3,(H,19,21)/b12-10+. The van der Waals surface area contributed by atoms with Crippen molar-refractivity contribution in [3.63, 3.8) is 0 Å². The van der Waals surface area contributed by atoms with E-state index >= 15 is 0 Å². The first kappa shape index (κ1) is 18.0. The Morgan fingerprint density at radius 2 is 2.16 bits per heavy atom. The van der Waals surface area contributed by atoms with Crippen molar-refractivity contribution in [1.29, 1.82) is 0 Å². The molecule has 5 nitrogen and oxygen atoms in total. The molecule has 3 rings (SSSR count). The second-order valence-corrected chi connectivity index (χ2v) is 9.10. The molecule has 0 saturated carbocycles. The SMILES string of the molecule is C/C(=C\c1cccs1)C(=O)Nc1ccc(Cl)c(N2CCCS2(=O)=O)c1. The van der Waals surface area contributed by atoms with Crippen LogP contribution in [0.3, 0.4) is 0 Å². The highest BCUT2D eigenvalue weighted by molar-refractivity contribution is 7.93. The van der Waals surface area contributed by atoms with E-state index in [2.05, 4.69) is 5.32 Å². The van der Waals surface area contributed by atoms with Crippen LogP contribution in [0.5, 0.6) is 0 Å². The highest BCUT2D eigenvalue weighted by Crippen LogP contribution is 2.33. The Balaban J connectivity index is 1.82. The Morgan fingerprint density at radius 3 is 2.80 bits per heavy atom. The summed E-state index contributed by atoms with van der Waals surface area (Å²) in [5, 5.41) is 5.08. The van der Waals surface area contributed by atoms with Gasteiger partial charge in [0.2, 0.25) is 10.0 Å². The molecule has 0 aliphatic carbocycles. The molecule has 1 aromatic carbocycles. The molecular weight excluding hydrogens is 380 g/mol. The van der Waals surface area contributed by atoms with E-state index in [9.17, 15) is 13.2 Å². The number of amides is 1. The van der Waals surface area contributed by atoms with Crippen molar-refractivity contribution in [1.82, 2.24) is 0 Å². The topological polar surface area (TPSA) is 66.5 Å². The maximum atomic E-state index is 12.3. The normalized spacial score (nSPS) is 16.9. The number of benzene rings is 1. The average Bonchev–Trinajstić information content (AvgIpc) is 3.18. The number of sulfonamides is 1. The van der Waals surface area contributed by atoms with Crippen molar-refractivity contribution in [2.45, 2.75) is 13.3 Å². The molecule has 1 saturated heterocycles. The molecule has 1 aromatic heterocycles. The first-order chi connectivity index (χ1) is 11.9. The fourth-order valence-corrected chi connectivity index (χ4v) is 5.13. The maximum absolute atomic E-state index is 12.3. The van der Waals surface area contributed by atoms with Gasteiger partial charge < -0.3 is 5.32 Å². The second-order valence-electron chi connectivity index (χ2n) is 5.70. The maximum Gasteiger partial charge on any atom is 0.251 e. The van der Waals surface area contributed by atoms with Crippen LogP contribution in [0.15, 0.2) is 41.3 Å². The summed E-state index contributed by atoms with van der Waals surface area (Å²) >= 11 is 7.72. The van der Waals surface area contributed by atoms with E-state index < -0.39 is 10.0 Å². The van der Waals surface area contributed by atoms with Crippen LogP contribution in [-0.4, -0.2) is 26.6 Å². The van der Waals surface area contributed by atoms with Crippen molar-refractivity contribution < 1.29 is 13.2 Å². The third-order valence-corrected chi connectivity index (χ3v) is 6.83. The molecule has 1 aliphatic heterocycles.